The van der Waals surface area contributed by atoms with Gasteiger partial charge in [0.1, 0.15) is 72.2 Å². The molecular formula is C82H100N24O16. The number of carboxylic acid groups (broad SMARTS) is 1. The minimum atomic E-state index is -1.86. The number of aromatic amines is 5. The molecule has 0 radical (unpaired) electrons. The molecule has 644 valence electrons. The molecule has 2 fully saturated rings. The van der Waals surface area contributed by atoms with Gasteiger partial charge < -0.3 is 120 Å². The minimum absolute atomic E-state index is 0.00555. The van der Waals surface area contributed by atoms with E-state index in [9.17, 15) is 53.7 Å². The fraction of sp³-hybridized carbons (Fsp3) is 0.378. The Labute approximate surface area is 697 Å². The number of H-pyrrole nitrogens is 5. The van der Waals surface area contributed by atoms with Gasteiger partial charge in [-0.05, 0) is 92.0 Å². The summed E-state index contributed by atoms with van der Waals surface area (Å²) in [6, 6.07) is 10.6. The van der Waals surface area contributed by atoms with Crippen molar-refractivity contribution in [3.63, 3.8) is 0 Å². The summed E-state index contributed by atoms with van der Waals surface area (Å²) in [4.78, 5) is 218. The minimum Gasteiger partial charge on any atom is -0.508 e. The standard InChI is InChI=1S/C82H100N24O16/c1-44(107)69(104-75(115)60(28-45-12-3-2-4-13-45)98-72(112)59(29-46-21-23-52(108)24-22-46)97-70(110)55(83)32-49-38-87-41-93-49)78(118)100-61(30-47-36-91-56-16-7-5-14-53(47)56)73(113)101-63(31-48-37-92-57-17-8-6-15-54(48)57)79(119)105-26-10-19-66(105)76(116)99-62(33-50-39-88-42-94-50)74(114)96-58(18-9-25-90-82(85)86)71(111)102-64(35-68(84)109)80(120)106-27-11-20-67(106)77(117)103-65(81(121)122)34-51-40-89-43-95-51/h2-8,12-17,21-24,36-44,55,58-67,69,91-92,107-108H,9-11,18-20,25-35,83H2,1H3,(H2,84,109)(H,87,93)(H,88,94)(H,89,95)(H,96,114)(H,97,110)(H,98,112)(H,99,116)(H,100,118)(H,101,113)(H,102,111)(H,103,117)(H,104,115)(H,121,122)(H4,85,86,90)/t44-,55+,58+,59+,60+,61+,62+,63+,64+,65+,66+,67+,69+/m1/s1. The highest BCUT2D eigenvalue weighted by Crippen LogP contribution is 2.27. The molecule has 122 heavy (non-hydrogen) atoms. The first-order chi connectivity index (χ1) is 58.6. The molecule has 4 aromatic carbocycles. The van der Waals surface area contributed by atoms with Crippen molar-refractivity contribution in [2.75, 3.05) is 19.6 Å². The molecular weight excluding hydrogens is 1580 g/mol. The molecule has 0 bridgehead atoms. The average Bonchev–Trinajstić information content (AvgIpc) is 1.63. The number of nitrogens with two attached hydrogens (primary N) is 3. The number of aromatic hydroxyl groups is 1. The molecule has 40 nitrogen and oxygen atoms in total. The first kappa shape index (κ1) is 88.5. The van der Waals surface area contributed by atoms with Crippen molar-refractivity contribution in [2.24, 2.45) is 17.2 Å². The number of fused-ring (bicyclic) bond motifs is 2. The number of aliphatic hydroxyl groups excluding tert-OH is 1. The smallest absolute Gasteiger partial charge is 0.326 e. The molecule has 2 aliphatic heterocycles. The lowest BCUT2D eigenvalue weighted by atomic mass is 10.00. The predicted octanol–water partition coefficient (Wildman–Crippen LogP) is -2.20. The van der Waals surface area contributed by atoms with E-state index in [1.807, 2.05) is 0 Å². The number of guanidine groups is 1. The average molecular weight is 1680 g/mol. The lowest BCUT2D eigenvalue weighted by Gasteiger charge is -2.31. The molecule has 0 aliphatic carbocycles. The summed E-state index contributed by atoms with van der Waals surface area (Å²) >= 11 is 0. The van der Waals surface area contributed by atoms with E-state index in [0.29, 0.717) is 55.4 Å². The third-order valence-corrected chi connectivity index (χ3v) is 21.3. The van der Waals surface area contributed by atoms with Crippen LogP contribution < -0.4 is 70.4 Å². The number of aliphatic carboxylic acids is 1. The van der Waals surface area contributed by atoms with E-state index >= 15 is 24.0 Å². The number of rotatable bonds is 42. The monoisotopic (exact) mass is 1680 g/mol. The first-order valence-electron chi connectivity index (χ1n) is 39.8. The molecule has 13 atom stereocenters. The molecule has 2 aliphatic rings. The van der Waals surface area contributed by atoms with E-state index in [4.69, 9.17) is 22.6 Å². The van der Waals surface area contributed by atoms with Gasteiger partial charge in [-0.3, -0.25) is 62.9 Å². The summed E-state index contributed by atoms with van der Waals surface area (Å²) in [5, 5.41) is 67.5. The van der Waals surface area contributed by atoms with Gasteiger partial charge >= 0.3 is 5.97 Å². The molecule has 0 saturated carbocycles. The number of hydrogen-bond acceptors (Lipinski definition) is 20. The van der Waals surface area contributed by atoms with Crippen molar-refractivity contribution >= 4 is 105 Å². The molecule has 2 saturated heterocycles. The van der Waals surface area contributed by atoms with Gasteiger partial charge in [-0.25, -0.2) is 19.7 Å². The van der Waals surface area contributed by atoms with Crippen molar-refractivity contribution in [3.05, 3.63) is 192 Å². The number of primary amides is 1. The van der Waals surface area contributed by atoms with E-state index in [-0.39, 0.29) is 115 Å². The number of carbonyl (C=O) groups excluding carboxylic acids is 12. The summed E-state index contributed by atoms with van der Waals surface area (Å²) in [5.74, 6) is -12.9. The van der Waals surface area contributed by atoms with Crippen LogP contribution in [0.2, 0.25) is 0 Å². The molecule has 0 spiro atoms. The van der Waals surface area contributed by atoms with Crippen LogP contribution in [0.5, 0.6) is 5.75 Å². The number of phenols is 1. The Bertz CT molecular complexity index is 5160. The van der Waals surface area contributed by atoms with Crippen LogP contribution in [0.25, 0.3) is 21.8 Å². The third-order valence-electron chi connectivity index (χ3n) is 21.3. The summed E-state index contributed by atoms with van der Waals surface area (Å²) in [6.07, 6.45) is 8.37. The van der Waals surface area contributed by atoms with Gasteiger partial charge in [0, 0.05) is 117 Å². The Morgan fingerprint density at radius 3 is 1.43 bits per heavy atom. The highest BCUT2D eigenvalue weighted by atomic mass is 16.4. The number of carboxylic acids is 1. The van der Waals surface area contributed by atoms with Gasteiger partial charge in [-0.1, -0.05) is 78.9 Å². The Kier molecular flexibility index (Phi) is 30.4. The van der Waals surface area contributed by atoms with Gasteiger partial charge in [-0.2, -0.15) is 0 Å². The molecule has 0 unspecified atom stereocenters. The fourth-order valence-electron chi connectivity index (χ4n) is 15.0. The maximum absolute atomic E-state index is 15.8. The van der Waals surface area contributed by atoms with E-state index in [1.165, 1.54) is 55.3 Å². The van der Waals surface area contributed by atoms with Crippen molar-refractivity contribution in [1.82, 2.24) is 103 Å². The van der Waals surface area contributed by atoms with Crippen molar-refractivity contribution < 1.29 is 77.6 Å². The van der Waals surface area contributed by atoms with Crippen molar-refractivity contribution in [1.29, 1.82) is 5.41 Å². The van der Waals surface area contributed by atoms with Crippen LogP contribution in [0, 0.1) is 5.41 Å². The zero-order valence-electron chi connectivity index (χ0n) is 66.6. The zero-order valence-corrected chi connectivity index (χ0v) is 66.6. The maximum atomic E-state index is 15.8. The number of phenolic OH excluding ortho intramolecular Hbond substituents is 1. The number of nitrogens with zero attached hydrogens (tertiary/aromatic N) is 5. The first-order valence-corrected chi connectivity index (χ1v) is 39.8. The number of para-hydroxylation sites is 2. The lowest BCUT2D eigenvalue weighted by Crippen LogP contribution is -2.62. The summed E-state index contributed by atoms with van der Waals surface area (Å²) in [5.41, 5.74) is 22.0. The second-order valence-electron chi connectivity index (χ2n) is 30.2. The highest BCUT2D eigenvalue weighted by Gasteiger charge is 2.44. The summed E-state index contributed by atoms with van der Waals surface area (Å²) < 4.78 is 0. The fourth-order valence-corrected chi connectivity index (χ4v) is 15.0. The predicted molar refractivity (Wildman–Crippen MR) is 440 cm³/mol. The molecule has 11 rings (SSSR count). The van der Waals surface area contributed by atoms with E-state index in [0.717, 1.165) is 4.90 Å². The number of aromatic nitrogens is 8. The Morgan fingerprint density at radius 1 is 0.484 bits per heavy atom. The Morgan fingerprint density at radius 2 is 0.910 bits per heavy atom. The van der Waals surface area contributed by atoms with Crippen LogP contribution in [0.4, 0.5) is 0 Å². The third kappa shape index (κ3) is 24.0. The largest absolute Gasteiger partial charge is 0.508 e. The van der Waals surface area contributed by atoms with E-state index in [1.54, 1.807) is 110 Å². The van der Waals surface area contributed by atoms with Crippen LogP contribution in [0.3, 0.4) is 0 Å². The van der Waals surface area contributed by atoms with Gasteiger partial charge in [0.15, 0.2) is 5.96 Å². The number of hydrogen-bond donors (Lipinski definition) is 22. The maximum Gasteiger partial charge on any atom is 0.326 e. The summed E-state index contributed by atoms with van der Waals surface area (Å²) in [6.45, 7) is 1.11. The lowest BCUT2D eigenvalue weighted by molar-refractivity contribution is -0.145. The summed E-state index contributed by atoms with van der Waals surface area (Å²) in [7, 11) is 0. The van der Waals surface area contributed by atoms with Gasteiger partial charge in [0.2, 0.25) is 70.9 Å². The number of imidazole rings is 3. The number of aliphatic hydroxyl groups is 1. The van der Waals surface area contributed by atoms with Gasteiger partial charge in [0.05, 0.1) is 54.6 Å². The van der Waals surface area contributed by atoms with Crippen molar-refractivity contribution in [2.45, 2.75) is 175 Å². The molecule has 7 heterocycles. The number of carbonyl (C=O) groups is 13. The van der Waals surface area contributed by atoms with Crippen molar-refractivity contribution in [3.8, 4) is 5.75 Å². The number of likely N-dealkylation sites (tertiary alicyclic amines) is 2. The Hall–Kier alpha value is -14.3. The van der Waals surface area contributed by atoms with E-state index < -0.39 is 168 Å². The molecule has 40 heteroatoms. The molecule has 5 aromatic heterocycles. The number of benzene rings is 4. The Balaban J connectivity index is 0.836. The second kappa shape index (κ2) is 41.9. The van der Waals surface area contributed by atoms with Crippen LogP contribution >= 0.6 is 0 Å². The molecule has 9 aromatic rings. The topological polar surface area (TPSA) is 629 Å². The van der Waals surface area contributed by atoms with Crippen LogP contribution in [0.1, 0.15) is 91.2 Å². The van der Waals surface area contributed by atoms with E-state index in [2.05, 4.69) is 93.0 Å². The molecule has 25 N–H and O–H groups in total. The van der Waals surface area contributed by atoms with Gasteiger partial charge in [-0.15, -0.1) is 0 Å². The number of nitrogens with one attached hydrogen (secondary N) is 16. The SMILES string of the molecule is C[C@@H](O)[C@H](NC(=O)[C@H](Cc1ccccc1)NC(=O)[C@H](Cc1ccc(O)cc1)NC(=O)[C@@H](N)Cc1c[nH]cn1)C(=O)N[C@@H](Cc1c[nH]c2ccccc12)C(=O)N[C@@H](Cc1c[nH]c2ccccc12)C(=O)N1CCC[C@H]1C(=O)N[C@@H](Cc1c[nH]cn1)C(=O)N[C@@H](CCCNC(=N)N)C(=O)N[C@@H](CC(N)=O)C(=O)N1CCC[C@H]1C(=O)N[C@@H](Cc1c[nH]cn1)C(=O)O. The van der Waals surface area contributed by atoms with Crippen LogP contribution in [0.15, 0.2) is 153 Å². The highest BCUT2D eigenvalue weighted by molar-refractivity contribution is 6.01. The zero-order chi connectivity index (χ0) is 87.1. The van der Waals surface area contributed by atoms with Crippen LogP contribution in [-0.4, -0.2) is 246 Å². The number of amides is 12. The molecule has 12 amide bonds. The quantitative estimate of drug-likeness (QED) is 0.0110. The van der Waals surface area contributed by atoms with Crippen LogP contribution in [-0.2, 0) is 107 Å². The normalized spacial score (nSPS) is 16.5. The van der Waals surface area contributed by atoms with Gasteiger partial charge in [0.25, 0.3) is 0 Å². The second-order valence-corrected chi connectivity index (χ2v) is 30.2.